The van der Waals surface area contributed by atoms with E-state index in [0.29, 0.717) is 0 Å². The molecular formula is C14H11Cl2FN2O5S. The molecule has 1 heterocycles. The number of benzene rings is 1. The highest BCUT2D eigenvalue weighted by atomic mass is 35.5. The lowest BCUT2D eigenvalue weighted by molar-refractivity contribution is 0.0593. The van der Waals surface area contributed by atoms with Gasteiger partial charge in [-0.25, -0.2) is 27.6 Å². The molecule has 0 saturated heterocycles. The van der Waals surface area contributed by atoms with Crippen molar-refractivity contribution >= 4 is 39.0 Å². The second-order valence-electron chi connectivity index (χ2n) is 4.72. The van der Waals surface area contributed by atoms with Crippen molar-refractivity contribution < 1.29 is 27.1 Å². The first kappa shape index (κ1) is 19.4. The normalized spacial score (nSPS) is 11.3. The fourth-order valence-corrected chi connectivity index (χ4v) is 3.40. The molecule has 0 spiro atoms. The van der Waals surface area contributed by atoms with Gasteiger partial charge in [0.25, 0.3) is 0 Å². The number of hydrogen-bond acceptors (Lipinski definition) is 7. The monoisotopic (exact) mass is 408 g/mol. The van der Waals surface area contributed by atoms with E-state index in [-0.39, 0.29) is 16.3 Å². The Bertz CT molecular complexity index is 966. The Hall–Kier alpha value is -1.97. The Morgan fingerprint density at radius 3 is 2.36 bits per heavy atom. The lowest BCUT2D eigenvalue weighted by Crippen LogP contribution is -2.13. The third-order valence-electron chi connectivity index (χ3n) is 3.04. The topological polar surface area (TPSA) is 95.4 Å². The number of nitrogens with zero attached hydrogens (tertiary/aromatic N) is 2. The van der Waals surface area contributed by atoms with Crippen molar-refractivity contribution in [2.75, 3.05) is 20.5 Å². The number of sulfone groups is 1. The third kappa shape index (κ3) is 3.68. The first-order valence-corrected chi connectivity index (χ1v) is 9.14. The van der Waals surface area contributed by atoms with E-state index >= 15 is 0 Å². The molecule has 0 aliphatic rings. The van der Waals surface area contributed by atoms with E-state index in [4.69, 9.17) is 27.9 Å². The molecule has 0 unspecified atom stereocenters. The lowest BCUT2D eigenvalue weighted by Gasteiger charge is -2.11. The molecule has 0 N–H and O–H groups in total. The van der Waals surface area contributed by atoms with Gasteiger partial charge in [-0.1, -0.05) is 23.2 Å². The number of carbonyl (C=O) groups is 1. The fourth-order valence-electron chi connectivity index (χ4n) is 1.92. The average molecular weight is 409 g/mol. The Morgan fingerprint density at radius 2 is 1.84 bits per heavy atom. The molecule has 0 saturated carbocycles. The third-order valence-corrected chi connectivity index (χ3v) is 4.81. The minimum absolute atomic E-state index is 0.00533. The van der Waals surface area contributed by atoms with Gasteiger partial charge in [0.05, 0.1) is 24.8 Å². The van der Waals surface area contributed by atoms with Crippen LogP contribution in [0.25, 0.3) is 11.4 Å². The van der Waals surface area contributed by atoms with Crippen LogP contribution in [0.4, 0.5) is 4.39 Å². The first-order chi connectivity index (χ1) is 11.6. The number of hydrogen-bond donors (Lipinski definition) is 0. The SMILES string of the molecule is COC(=O)c1nc(-c2ccc(Cl)c(OC)c2F)nc(S(C)(=O)=O)c1Cl. The summed E-state index contributed by atoms with van der Waals surface area (Å²) < 4.78 is 47.7. The number of halogens is 3. The molecule has 0 atom stereocenters. The molecule has 25 heavy (non-hydrogen) atoms. The zero-order chi connectivity index (χ0) is 18.9. The van der Waals surface area contributed by atoms with E-state index in [1.807, 2.05) is 0 Å². The van der Waals surface area contributed by atoms with Crippen LogP contribution in [-0.2, 0) is 14.6 Å². The highest BCUT2D eigenvalue weighted by Crippen LogP contribution is 2.35. The number of rotatable bonds is 4. The number of aromatic nitrogens is 2. The average Bonchev–Trinajstić information content (AvgIpc) is 2.54. The van der Waals surface area contributed by atoms with Crippen molar-refractivity contribution in [1.82, 2.24) is 9.97 Å². The molecule has 0 bridgehead atoms. The van der Waals surface area contributed by atoms with Gasteiger partial charge >= 0.3 is 5.97 Å². The van der Waals surface area contributed by atoms with E-state index in [1.165, 1.54) is 19.2 Å². The highest BCUT2D eigenvalue weighted by molar-refractivity contribution is 7.90. The first-order valence-electron chi connectivity index (χ1n) is 6.50. The van der Waals surface area contributed by atoms with Crippen molar-refractivity contribution in [3.8, 4) is 17.1 Å². The van der Waals surface area contributed by atoms with Gasteiger partial charge in [-0.3, -0.25) is 0 Å². The van der Waals surface area contributed by atoms with Gasteiger partial charge < -0.3 is 9.47 Å². The molecule has 1 aromatic heterocycles. The van der Waals surface area contributed by atoms with E-state index in [9.17, 15) is 17.6 Å². The minimum atomic E-state index is -3.94. The number of carbonyl (C=O) groups excluding carboxylic acids is 1. The second-order valence-corrected chi connectivity index (χ2v) is 7.44. The molecule has 0 aliphatic heterocycles. The van der Waals surface area contributed by atoms with Gasteiger partial charge in [-0.15, -0.1) is 0 Å². The van der Waals surface area contributed by atoms with Gasteiger partial charge in [0.2, 0.25) is 0 Å². The zero-order valence-electron chi connectivity index (χ0n) is 13.1. The van der Waals surface area contributed by atoms with Crippen LogP contribution in [0, 0.1) is 5.82 Å². The predicted octanol–water partition coefficient (Wildman–Crippen LogP) is 2.79. The maximum Gasteiger partial charge on any atom is 0.358 e. The summed E-state index contributed by atoms with van der Waals surface area (Å²) in [6, 6.07) is 2.53. The standard InChI is InChI=1S/C14H11Cl2FN2O5S/c1-23-11-7(15)5-4-6(9(11)17)12-18-10(14(20)24-2)8(16)13(19-12)25(3,21)22/h4-5H,1-3H3. The molecular weight excluding hydrogens is 398 g/mol. The van der Waals surface area contributed by atoms with Crippen molar-refractivity contribution in [3.63, 3.8) is 0 Å². The molecule has 2 aromatic rings. The predicted molar refractivity (Wildman–Crippen MR) is 88.4 cm³/mol. The maximum absolute atomic E-state index is 14.6. The summed E-state index contributed by atoms with van der Waals surface area (Å²) in [5.74, 6) is -2.59. The summed E-state index contributed by atoms with van der Waals surface area (Å²) in [7, 11) is -1.67. The smallest absolute Gasteiger partial charge is 0.358 e. The summed E-state index contributed by atoms with van der Waals surface area (Å²) in [6.45, 7) is 0. The van der Waals surface area contributed by atoms with E-state index < -0.39 is 43.2 Å². The van der Waals surface area contributed by atoms with Crippen LogP contribution < -0.4 is 4.74 Å². The van der Waals surface area contributed by atoms with Crippen LogP contribution in [-0.4, -0.2) is 44.8 Å². The number of ether oxygens (including phenoxy) is 2. The van der Waals surface area contributed by atoms with E-state index in [2.05, 4.69) is 14.7 Å². The molecule has 0 radical (unpaired) electrons. The van der Waals surface area contributed by atoms with Gasteiger partial charge in [-0.2, -0.15) is 0 Å². The van der Waals surface area contributed by atoms with Crippen molar-refractivity contribution in [1.29, 1.82) is 0 Å². The molecule has 2 rings (SSSR count). The van der Waals surface area contributed by atoms with Gasteiger partial charge in [-0.05, 0) is 12.1 Å². The quantitative estimate of drug-likeness (QED) is 0.566. The van der Waals surface area contributed by atoms with Gasteiger partial charge in [0.1, 0.15) is 5.02 Å². The Balaban J connectivity index is 2.86. The molecule has 0 fully saturated rings. The molecule has 1 aromatic carbocycles. The molecule has 7 nitrogen and oxygen atoms in total. The summed E-state index contributed by atoms with van der Waals surface area (Å²) >= 11 is 11.7. The van der Waals surface area contributed by atoms with E-state index in [1.54, 1.807) is 0 Å². The number of methoxy groups -OCH3 is 2. The van der Waals surface area contributed by atoms with Gasteiger partial charge in [0.15, 0.2) is 37.9 Å². The summed E-state index contributed by atoms with van der Waals surface area (Å²) in [5.41, 5.74) is -0.740. The molecule has 0 amide bonds. The molecule has 0 aliphatic carbocycles. The Morgan fingerprint density at radius 1 is 1.20 bits per heavy atom. The number of esters is 1. The van der Waals surface area contributed by atoms with Crippen LogP contribution in [0.1, 0.15) is 10.5 Å². The summed E-state index contributed by atoms with van der Waals surface area (Å²) in [6.07, 6.45) is 0.838. The van der Waals surface area contributed by atoms with Crippen LogP contribution in [0.5, 0.6) is 5.75 Å². The second kappa shape index (κ2) is 7.11. The van der Waals surface area contributed by atoms with Crippen molar-refractivity contribution in [2.24, 2.45) is 0 Å². The fraction of sp³-hybridized carbons (Fsp3) is 0.214. The van der Waals surface area contributed by atoms with Crippen molar-refractivity contribution in [2.45, 2.75) is 5.03 Å². The zero-order valence-corrected chi connectivity index (χ0v) is 15.5. The summed E-state index contributed by atoms with van der Waals surface area (Å²) in [4.78, 5) is 19.4. The van der Waals surface area contributed by atoms with E-state index in [0.717, 1.165) is 13.4 Å². The lowest BCUT2D eigenvalue weighted by atomic mass is 10.1. The van der Waals surface area contributed by atoms with Crippen LogP contribution >= 0.6 is 23.2 Å². The Labute approximate surface area is 152 Å². The molecule has 11 heteroatoms. The Kier molecular flexibility index (Phi) is 5.50. The minimum Gasteiger partial charge on any atom is -0.492 e. The highest BCUT2D eigenvalue weighted by Gasteiger charge is 2.27. The van der Waals surface area contributed by atoms with Crippen LogP contribution in [0.3, 0.4) is 0 Å². The van der Waals surface area contributed by atoms with Crippen LogP contribution in [0.2, 0.25) is 10.0 Å². The van der Waals surface area contributed by atoms with Crippen LogP contribution in [0.15, 0.2) is 17.2 Å². The maximum atomic E-state index is 14.6. The largest absolute Gasteiger partial charge is 0.492 e. The molecule has 134 valence electrons. The summed E-state index contributed by atoms with van der Waals surface area (Å²) in [5, 5.41) is -1.15. The van der Waals surface area contributed by atoms with Gasteiger partial charge in [0, 0.05) is 6.26 Å². The van der Waals surface area contributed by atoms with Crippen molar-refractivity contribution in [3.05, 3.63) is 33.7 Å².